The lowest BCUT2D eigenvalue weighted by molar-refractivity contribution is -0.122. The van der Waals surface area contributed by atoms with Gasteiger partial charge in [0.05, 0.1) is 17.7 Å². The number of urea groups is 1. The van der Waals surface area contributed by atoms with Gasteiger partial charge in [0.25, 0.3) is 5.91 Å². The van der Waals surface area contributed by atoms with Crippen molar-refractivity contribution < 1.29 is 19.1 Å². The smallest absolute Gasteiger partial charge is 0.329 e. The molecule has 1 N–H and O–H groups in total. The molecule has 1 aromatic rings. The first kappa shape index (κ1) is 18.1. The standard InChI is InChI=1S/C17H19BrN2O4/c1-4-7-20-16(21)13(19-17(20)22)9-11-8-12(18)15(24-6-3)10-14(11)23-5-2/h4,8-10H,1,5-7H2,2-3H3,(H,19,22)/b13-9+. The van der Waals surface area contributed by atoms with Crippen LogP contribution in [0.3, 0.4) is 0 Å². The summed E-state index contributed by atoms with van der Waals surface area (Å²) < 4.78 is 11.9. The van der Waals surface area contributed by atoms with Crippen LogP contribution in [0.15, 0.2) is 35.0 Å². The van der Waals surface area contributed by atoms with E-state index >= 15 is 0 Å². The molecule has 7 heteroatoms. The van der Waals surface area contributed by atoms with Gasteiger partial charge in [-0.3, -0.25) is 9.69 Å². The number of hydrogen-bond acceptors (Lipinski definition) is 4. The number of halogens is 1. The Balaban J connectivity index is 2.41. The summed E-state index contributed by atoms with van der Waals surface area (Å²) in [4.78, 5) is 25.2. The Morgan fingerprint density at radius 2 is 1.88 bits per heavy atom. The highest BCUT2D eigenvalue weighted by atomic mass is 79.9. The second-order valence-corrected chi connectivity index (χ2v) is 5.73. The molecule has 6 nitrogen and oxygen atoms in total. The average Bonchev–Trinajstić information content (AvgIpc) is 2.80. The van der Waals surface area contributed by atoms with Crippen LogP contribution in [0.4, 0.5) is 4.79 Å². The molecule has 0 aromatic heterocycles. The van der Waals surface area contributed by atoms with E-state index < -0.39 is 11.9 Å². The van der Waals surface area contributed by atoms with Crippen LogP contribution in [0.5, 0.6) is 11.5 Å². The molecule has 0 atom stereocenters. The SMILES string of the molecule is C=CCN1C(=O)N/C(=C/c2cc(Br)c(OCC)cc2OCC)C1=O. The van der Waals surface area contributed by atoms with Crippen molar-refractivity contribution in [3.63, 3.8) is 0 Å². The van der Waals surface area contributed by atoms with Crippen LogP contribution in [0.25, 0.3) is 6.08 Å². The van der Waals surface area contributed by atoms with Gasteiger partial charge in [-0.1, -0.05) is 6.08 Å². The summed E-state index contributed by atoms with van der Waals surface area (Å²) in [7, 11) is 0. The van der Waals surface area contributed by atoms with Crippen molar-refractivity contribution >= 4 is 33.9 Å². The number of rotatable bonds is 7. The third kappa shape index (κ3) is 3.79. The predicted octanol–water partition coefficient (Wildman–Crippen LogP) is 3.33. The van der Waals surface area contributed by atoms with Gasteiger partial charge in [-0.2, -0.15) is 0 Å². The van der Waals surface area contributed by atoms with Gasteiger partial charge >= 0.3 is 6.03 Å². The molecule has 128 valence electrons. The van der Waals surface area contributed by atoms with Crippen molar-refractivity contribution in [2.24, 2.45) is 0 Å². The molecule has 1 saturated heterocycles. The molecule has 0 bridgehead atoms. The Bertz CT molecular complexity index is 700. The van der Waals surface area contributed by atoms with Gasteiger partial charge in [-0.25, -0.2) is 4.79 Å². The molecule has 0 saturated carbocycles. The van der Waals surface area contributed by atoms with Crippen molar-refractivity contribution in [1.82, 2.24) is 10.2 Å². The molecular weight excluding hydrogens is 376 g/mol. The number of imide groups is 1. The van der Waals surface area contributed by atoms with Crippen molar-refractivity contribution in [3.8, 4) is 11.5 Å². The van der Waals surface area contributed by atoms with Gasteiger partial charge in [-0.15, -0.1) is 6.58 Å². The fourth-order valence-electron chi connectivity index (χ4n) is 2.23. The van der Waals surface area contributed by atoms with Crippen LogP contribution < -0.4 is 14.8 Å². The Morgan fingerprint density at radius 3 is 2.50 bits per heavy atom. The first-order chi connectivity index (χ1) is 11.5. The van der Waals surface area contributed by atoms with Crippen LogP contribution in [-0.2, 0) is 4.79 Å². The summed E-state index contributed by atoms with van der Waals surface area (Å²) in [6.45, 7) is 8.46. The van der Waals surface area contributed by atoms with Gasteiger partial charge < -0.3 is 14.8 Å². The highest BCUT2D eigenvalue weighted by Crippen LogP contribution is 2.34. The maximum atomic E-state index is 12.3. The Labute approximate surface area is 149 Å². The number of carbonyl (C=O) groups is 2. The Morgan fingerprint density at radius 1 is 1.21 bits per heavy atom. The monoisotopic (exact) mass is 394 g/mol. The van der Waals surface area contributed by atoms with E-state index in [1.54, 1.807) is 18.2 Å². The van der Waals surface area contributed by atoms with Gasteiger partial charge in [0.2, 0.25) is 0 Å². The van der Waals surface area contributed by atoms with Gasteiger partial charge in [-0.05, 0) is 41.9 Å². The van der Waals surface area contributed by atoms with Crippen LogP contribution in [0.2, 0.25) is 0 Å². The second-order valence-electron chi connectivity index (χ2n) is 4.88. The van der Waals surface area contributed by atoms with E-state index in [1.165, 1.54) is 6.08 Å². The number of ether oxygens (including phenoxy) is 2. The summed E-state index contributed by atoms with van der Waals surface area (Å²) in [5.41, 5.74) is 0.857. The first-order valence-electron chi connectivity index (χ1n) is 7.56. The predicted molar refractivity (Wildman–Crippen MR) is 94.9 cm³/mol. The van der Waals surface area contributed by atoms with Crippen LogP contribution in [-0.4, -0.2) is 36.6 Å². The number of nitrogens with zero attached hydrogens (tertiary/aromatic N) is 1. The van der Waals surface area contributed by atoms with Gasteiger partial charge in [0.15, 0.2) is 0 Å². The molecule has 1 aliphatic rings. The molecule has 3 amide bonds. The molecule has 1 aliphatic heterocycles. The van der Waals surface area contributed by atoms with E-state index in [9.17, 15) is 9.59 Å². The molecular formula is C17H19BrN2O4. The maximum Gasteiger partial charge on any atom is 0.329 e. The molecule has 2 rings (SSSR count). The molecule has 0 spiro atoms. The minimum atomic E-state index is -0.464. The minimum Gasteiger partial charge on any atom is -0.493 e. The third-order valence-corrected chi connectivity index (χ3v) is 3.86. The van der Waals surface area contributed by atoms with Crippen molar-refractivity contribution in [2.75, 3.05) is 19.8 Å². The molecule has 1 aromatic carbocycles. The Kier molecular flexibility index (Phi) is 6.03. The number of amides is 3. The number of carbonyl (C=O) groups excluding carboxylic acids is 2. The van der Waals surface area contributed by atoms with E-state index in [1.807, 2.05) is 13.8 Å². The topological polar surface area (TPSA) is 67.9 Å². The fraction of sp³-hybridized carbons (Fsp3) is 0.294. The number of benzene rings is 1. The zero-order chi connectivity index (χ0) is 17.7. The van der Waals surface area contributed by atoms with Gasteiger partial charge in [0, 0.05) is 18.2 Å². The summed E-state index contributed by atoms with van der Waals surface area (Å²) in [5.74, 6) is 0.825. The summed E-state index contributed by atoms with van der Waals surface area (Å²) in [5, 5.41) is 2.56. The number of nitrogens with one attached hydrogen (secondary N) is 1. The molecule has 24 heavy (non-hydrogen) atoms. The minimum absolute atomic E-state index is 0.160. The van der Waals surface area contributed by atoms with Crippen LogP contribution in [0, 0.1) is 0 Å². The second kappa shape index (κ2) is 8.01. The highest BCUT2D eigenvalue weighted by molar-refractivity contribution is 9.10. The van der Waals surface area contributed by atoms with Crippen LogP contribution in [0.1, 0.15) is 19.4 Å². The Hall–Kier alpha value is -2.28. The fourth-order valence-corrected chi connectivity index (χ4v) is 2.71. The zero-order valence-electron chi connectivity index (χ0n) is 13.6. The van der Waals surface area contributed by atoms with Crippen LogP contribution >= 0.6 is 15.9 Å². The first-order valence-corrected chi connectivity index (χ1v) is 8.35. The van der Waals surface area contributed by atoms with E-state index in [0.29, 0.717) is 30.3 Å². The molecule has 0 radical (unpaired) electrons. The summed E-state index contributed by atoms with van der Waals surface area (Å²) in [6.07, 6.45) is 3.09. The normalized spacial score (nSPS) is 15.6. The molecule has 1 fully saturated rings. The lowest BCUT2D eigenvalue weighted by atomic mass is 10.1. The van der Waals surface area contributed by atoms with E-state index in [4.69, 9.17) is 9.47 Å². The molecule has 1 heterocycles. The van der Waals surface area contributed by atoms with Gasteiger partial charge in [0.1, 0.15) is 17.2 Å². The van der Waals surface area contributed by atoms with E-state index in [-0.39, 0.29) is 12.2 Å². The average molecular weight is 395 g/mol. The highest BCUT2D eigenvalue weighted by Gasteiger charge is 2.32. The summed E-state index contributed by atoms with van der Waals surface area (Å²) >= 11 is 3.44. The largest absolute Gasteiger partial charge is 0.493 e. The van der Waals surface area contributed by atoms with Crippen molar-refractivity contribution in [2.45, 2.75) is 13.8 Å². The third-order valence-electron chi connectivity index (χ3n) is 3.24. The lowest BCUT2D eigenvalue weighted by Crippen LogP contribution is -2.30. The summed E-state index contributed by atoms with van der Waals surface area (Å²) in [6, 6.07) is 3.08. The quantitative estimate of drug-likeness (QED) is 0.437. The maximum absolute atomic E-state index is 12.3. The van der Waals surface area contributed by atoms with E-state index in [0.717, 1.165) is 9.37 Å². The van der Waals surface area contributed by atoms with Crippen molar-refractivity contribution in [3.05, 3.63) is 40.5 Å². The number of hydrogen-bond donors (Lipinski definition) is 1. The molecule has 0 unspecified atom stereocenters. The van der Waals surface area contributed by atoms with Crippen molar-refractivity contribution in [1.29, 1.82) is 0 Å². The zero-order valence-corrected chi connectivity index (χ0v) is 15.2. The lowest BCUT2D eigenvalue weighted by Gasteiger charge is -2.13. The molecule has 0 aliphatic carbocycles. The van der Waals surface area contributed by atoms with E-state index in [2.05, 4.69) is 27.8 Å².